The number of halogens is 1. The Morgan fingerprint density at radius 3 is 2.33 bits per heavy atom. The van der Waals surface area contributed by atoms with Crippen molar-refractivity contribution in [3.05, 3.63) is 95.8 Å². The van der Waals surface area contributed by atoms with Gasteiger partial charge in [-0.15, -0.1) is 0 Å². The smallest absolute Gasteiger partial charge is 0.251 e. The van der Waals surface area contributed by atoms with Gasteiger partial charge in [-0.3, -0.25) is 14.4 Å². The van der Waals surface area contributed by atoms with E-state index in [1.54, 1.807) is 24.1 Å². The minimum Gasteiger partial charge on any atom is -0.342 e. The van der Waals surface area contributed by atoms with Crippen LogP contribution in [0.1, 0.15) is 34.7 Å². The normalized spacial score (nSPS) is 19.5. The molecule has 0 spiro atoms. The average Bonchev–Trinajstić information content (AvgIpc) is 3.74. The van der Waals surface area contributed by atoms with Crippen molar-refractivity contribution in [3.8, 4) is 11.1 Å². The number of nitrogens with zero attached hydrogens (tertiary/aromatic N) is 2. The van der Waals surface area contributed by atoms with Gasteiger partial charge in [0, 0.05) is 37.7 Å². The molecule has 8 heteroatoms. The van der Waals surface area contributed by atoms with Crippen LogP contribution in [0, 0.1) is 5.82 Å². The van der Waals surface area contributed by atoms with Crippen LogP contribution in [0.15, 0.2) is 78.9 Å². The number of amides is 3. The van der Waals surface area contributed by atoms with Crippen molar-refractivity contribution < 1.29 is 18.8 Å². The van der Waals surface area contributed by atoms with Gasteiger partial charge in [0.05, 0.1) is 6.54 Å². The van der Waals surface area contributed by atoms with Crippen LogP contribution in [0.4, 0.5) is 4.39 Å². The van der Waals surface area contributed by atoms with Crippen LogP contribution in [-0.2, 0) is 9.59 Å². The highest BCUT2D eigenvalue weighted by atomic mass is 19.1. The van der Waals surface area contributed by atoms with Crippen LogP contribution >= 0.6 is 0 Å². The molecule has 1 saturated carbocycles. The van der Waals surface area contributed by atoms with Crippen LogP contribution in [-0.4, -0.2) is 72.8 Å². The lowest BCUT2D eigenvalue weighted by Crippen LogP contribution is -2.56. The SMILES string of the molecule is CN1CCN(C(=O)[C@H](CCN[C@@H]2C[C@H]2c2ccc(F)cc2)NC(=O)c2ccc(-c3ccccc3)cc2)CC1=O. The molecule has 3 atom stereocenters. The molecule has 0 radical (unpaired) electrons. The zero-order chi connectivity index (χ0) is 27.4. The van der Waals surface area contributed by atoms with E-state index in [1.165, 1.54) is 17.0 Å². The Labute approximate surface area is 228 Å². The number of benzene rings is 3. The molecule has 3 amide bonds. The third kappa shape index (κ3) is 6.52. The molecule has 202 valence electrons. The molecule has 5 rings (SSSR count). The maximum Gasteiger partial charge on any atom is 0.251 e. The van der Waals surface area contributed by atoms with Crippen LogP contribution in [0.5, 0.6) is 0 Å². The highest BCUT2D eigenvalue weighted by molar-refractivity contribution is 5.98. The Hall–Kier alpha value is -4.04. The predicted octanol–water partition coefficient (Wildman–Crippen LogP) is 3.43. The Balaban J connectivity index is 1.22. The summed E-state index contributed by atoms with van der Waals surface area (Å²) in [7, 11) is 1.72. The molecule has 0 unspecified atom stereocenters. The van der Waals surface area contributed by atoms with Crippen LogP contribution < -0.4 is 10.6 Å². The van der Waals surface area contributed by atoms with Gasteiger partial charge in [-0.1, -0.05) is 54.6 Å². The predicted molar refractivity (Wildman–Crippen MR) is 148 cm³/mol. The van der Waals surface area contributed by atoms with E-state index in [0.29, 0.717) is 37.5 Å². The Bertz CT molecular complexity index is 1310. The van der Waals surface area contributed by atoms with E-state index in [1.807, 2.05) is 54.6 Å². The fourth-order valence-corrected chi connectivity index (χ4v) is 5.02. The Kier molecular flexibility index (Phi) is 8.02. The van der Waals surface area contributed by atoms with E-state index in [0.717, 1.165) is 23.1 Å². The molecule has 0 bridgehead atoms. The van der Waals surface area contributed by atoms with E-state index in [-0.39, 0.29) is 36.1 Å². The second kappa shape index (κ2) is 11.8. The molecule has 3 aromatic carbocycles. The highest BCUT2D eigenvalue weighted by Gasteiger charge is 2.38. The van der Waals surface area contributed by atoms with E-state index < -0.39 is 6.04 Å². The van der Waals surface area contributed by atoms with Crippen molar-refractivity contribution in [1.29, 1.82) is 0 Å². The number of rotatable bonds is 9. The maximum atomic E-state index is 13.4. The molecule has 2 fully saturated rings. The molecule has 1 aliphatic carbocycles. The fourth-order valence-electron chi connectivity index (χ4n) is 5.02. The zero-order valence-electron chi connectivity index (χ0n) is 22.0. The number of carbonyl (C=O) groups is 3. The molecule has 1 aliphatic heterocycles. The summed E-state index contributed by atoms with van der Waals surface area (Å²) in [6.07, 6.45) is 1.33. The summed E-state index contributed by atoms with van der Waals surface area (Å²) < 4.78 is 13.2. The number of hydrogen-bond acceptors (Lipinski definition) is 4. The first-order valence-corrected chi connectivity index (χ1v) is 13.4. The number of piperazine rings is 1. The fraction of sp³-hybridized carbons (Fsp3) is 0.323. The lowest BCUT2D eigenvalue weighted by molar-refractivity contribution is -0.145. The largest absolute Gasteiger partial charge is 0.342 e. The lowest BCUT2D eigenvalue weighted by Gasteiger charge is -2.34. The third-order valence-corrected chi connectivity index (χ3v) is 7.55. The van der Waals surface area contributed by atoms with Crippen molar-refractivity contribution in [2.45, 2.75) is 30.8 Å². The van der Waals surface area contributed by atoms with Crippen molar-refractivity contribution in [1.82, 2.24) is 20.4 Å². The van der Waals surface area contributed by atoms with Crippen molar-refractivity contribution >= 4 is 17.7 Å². The lowest BCUT2D eigenvalue weighted by atomic mass is 10.0. The van der Waals surface area contributed by atoms with E-state index in [4.69, 9.17) is 0 Å². The van der Waals surface area contributed by atoms with Crippen LogP contribution in [0.25, 0.3) is 11.1 Å². The van der Waals surface area contributed by atoms with E-state index in [2.05, 4.69) is 10.6 Å². The molecule has 2 aliphatic rings. The number of carbonyl (C=O) groups excluding carboxylic acids is 3. The zero-order valence-corrected chi connectivity index (χ0v) is 22.0. The van der Waals surface area contributed by atoms with Crippen LogP contribution in [0.3, 0.4) is 0 Å². The number of nitrogens with one attached hydrogen (secondary N) is 2. The van der Waals surface area contributed by atoms with Crippen molar-refractivity contribution in [3.63, 3.8) is 0 Å². The second-order valence-electron chi connectivity index (χ2n) is 10.3. The molecule has 0 aromatic heterocycles. The van der Waals surface area contributed by atoms with Gasteiger partial charge in [0.1, 0.15) is 11.9 Å². The number of hydrogen-bond donors (Lipinski definition) is 2. The van der Waals surface area contributed by atoms with Crippen molar-refractivity contribution in [2.24, 2.45) is 0 Å². The second-order valence-corrected chi connectivity index (χ2v) is 10.3. The summed E-state index contributed by atoms with van der Waals surface area (Å²) in [6.45, 7) is 1.43. The first kappa shape index (κ1) is 26.6. The first-order chi connectivity index (χ1) is 18.9. The summed E-state index contributed by atoms with van der Waals surface area (Å²) in [6, 6.07) is 23.2. The van der Waals surface area contributed by atoms with Gasteiger partial charge < -0.3 is 20.4 Å². The van der Waals surface area contributed by atoms with Gasteiger partial charge in [-0.2, -0.15) is 0 Å². The molecule has 1 saturated heterocycles. The monoisotopic (exact) mass is 528 g/mol. The third-order valence-electron chi connectivity index (χ3n) is 7.55. The topological polar surface area (TPSA) is 81.8 Å². The summed E-state index contributed by atoms with van der Waals surface area (Å²) in [5.41, 5.74) is 3.61. The molecule has 2 N–H and O–H groups in total. The summed E-state index contributed by atoms with van der Waals surface area (Å²) >= 11 is 0. The summed E-state index contributed by atoms with van der Waals surface area (Å²) in [4.78, 5) is 42.0. The summed E-state index contributed by atoms with van der Waals surface area (Å²) in [5.74, 6) is -0.636. The Morgan fingerprint density at radius 1 is 0.949 bits per heavy atom. The van der Waals surface area contributed by atoms with Gasteiger partial charge >= 0.3 is 0 Å². The van der Waals surface area contributed by atoms with Gasteiger partial charge in [-0.25, -0.2) is 4.39 Å². The molecule has 7 nitrogen and oxygen atoms in total. The van der Waals surface area contributed by atoms with Gasteiger partial charge in [0.15, 0.2) is 0 Å². The molecule has 39 heavy (non-hydrogen) atoms. The van der Waals surface area contributed by atoms with Gasteiger partial charge in [0.25, 0.3) is 5.91 Å². The molecule has 1 heterocycles. The van der Waals surface area contributed by atoms with E-state index in [9.17, 15) is 18.8 Å². The van der Waals surface area contributed by atoms with Gasteiger partial charge in [-0.05, 0) is 60.3 Å². The quantitative estimate of drug-likeness (QED) is 0.446. The minimum atomic E-state index is -0.766. The van der Waals surface area contributed by atoms with Crippen molar-refractivity contribution in [2.75, 3.05) is 33.2 Å². The van der Waals surface area contributed by atoms with E-state index >= 15 is 0 Å². The first-order valence-electron chi connectivity index (χ1n) is 13.4. The average molecular weight is 529 g/mol. The van der Waals surface area contributed by atoms with Gasteiger partial charge in [0.2, 0.25) is 11.8 Å². The van der Waals surface area contributed by atoms with Crippen LogP contribution in [0.2, 0.25) is 0 Å². The summed E-state index contributed by atoms with van der Waals surface area (Å²) in [5, 5.41) is 6.39. The minimum absolute atomic E-state index is 0.0101. The molecule has 3 aromatic rings. The Morgan fingerprint density at radius 2 is 1.64 bits per heavy atom. The highest BCUT2D eigenvalue weighted by Crippen LogP contribution is 2.40. The standard InChI is InChI=1S/C31H33FN4O3/c1-35-17-18-36(20-29(35)37)31(39)27(15-16-33-28-19-26(28)23-11-13-25(32)14-12-23)34-30(38)24-9-7-22(8-10-24)21-5-3-2-4-6-21/h2-14,26-28,33H,15-20H2,1H3,(H,34,38)/t26-,27-,28+/m0/s1. The maximum absolute atomic E-state index is 13.4. The molecular weight excluding hydrogens is 495 g/mol. The number of likely N-dealkylation sites (N-methyl/N-ethyl adjacent to an activating group) is 1. The molecular formula is C31H33FN4O3.